The van der Waals surface area contributed by atoms with Crippen molar-refractivity contribution in [3.63, 3.8) is 0 Å². The van der Waals surface area contributed by atoms with Gasteiger partial charge in [0, 0.05) is 6.42 Å². The smallest absolute Gasteiger partial charge is 0.303 e. The first-order valence-electron chi connectivity index (χ1n) is 9.80. The Morgan fingerprint density at radius 2 is 1.58 bits per heavy atom. The Bertz CT molecular complexity index is 532. The van der Waals surface area contributed by atoms with E-state index in [1.165, 1.54) is 0 Å². The van der Waals surface area contributed by atoms with Gasteiger partial charge in [0.1, 0.15) is 0 Å². The number of hydrogen-bond donors (Lipinski definition) is 4. The van der Waals surface area contributed by atoms with Gasteiger partial charge in [0.15, 0.2) is 0 Å². The summed E-state index contributed by atoms with van der Waals surface area (Å²) in [5, 5.41) is 39.6. The lowest BCUT2D eigenvalue weighted by Crippen LogP contribution is -2.23. The molecule has 1 aliphatic rings. The van der Waals surface area contributed by atoms with E-state index < -0.39 is 24.3 Å². The molecule has 1 aliphatic carbocycles. The Balaban J connectivity index is 1.76. The molecule has 1 aromatic carbocycles. The molecule has 0 aliphatic heterocycles. The fourth-order valence-corrected chi connectivity index (χ4v) is 4.18. The predicted octanol–water partition coefficient (Wildman–Crippen LogP) is 3.28. The summed E-state index contributed by atoms with van der Waals surface area (Å²) in [6, 6.07) is 9.53. The fourth-order valence-electron chi connectivity index (χ4n) is 4.18. The molecule has 0 saturated heterocycles. The maximum Gasteiger partial charge on any atom is 0.303 e. The Kier molecular flexibility index (Phi) is 8.55. The second-order valence-electron chi connectivity index (χ2n) is 7.55. The quantitative estimate of drug-likeness (QED) is 0.452. The number of unbranched alkanes of at least 4 members (excludes halogenated alkanes) is 3. The minimum atomic E-state index is -0.753. The molecular weight excluding hydrogens is 332 g/mol. The van der Waals surface area contributed by atoms with E-state index in [4.69, 9.17) is 5.11 Å². The molecular formula is C21H32O5. The maximum atomic E-state index is 10.5. The normalized spacial score (nSPS) is 26.7. The molecule has 0 aromatic heterocycles. The van der Waals surface area contributed by atoms with Crippen LogP contribution in [0.25, 0.3) is 0 Å². The van der Waals surface area contributed by atoms with Crippen molar-refractivity contribution in [2.75, 3.05) is 0 Å². The van der Waals surface area contributed by atoms with Crippen LogP contribution in [0.2, 0.25) is 0 Å². The van der Waals surface area contributed by atoms with Gasteiger partial charge in [-0.25, -0.2) is 0 Å². The van der Waals surface area contributed by atoms with Crippen LogP contribution in [-0.2, 0) is 4.79 Å². The van der Waals surface area contributed by atoms with Crippen LogP contribution in [0.1, 0.15) is 69.5 Å². The van der Waals surface area contributed by atoms with Crippen LogP contribution >= 0.6 is 0 Å². The summed E-state index contributed by atoms with van der Waals surface area (Å²) in [5.41, 5.74) is 0.885. The molecule has 26 heavy (non-hydrogen) atoms. The van der Waals surface area contributed by atoms with Gasteiger partial charge in [0.25, 0.3) is 0 Å². The minimum absolute atomic E-state index is 0.0161. The van der Waals surface area contributed by atoms with Crippen LogP contribution in [0.15, 0.2) is 30.3 Å². The van der Waals surface area contributed by atoms with Gasteiger partial charge in [-0.05, 0) is 49.5 Å². The Morgan fingerprint density at radius 3 is 2.23 bits per heavy atom. The second kappa shape index (κ2) is 10.7. The van der Waals surface area contributed by atoms with Crippen LogP contribution in [0.5, 0.6) is 0 Å². The van der Waals surface area contributed by atoms with Gasteiger partial charge in [-0.3, -0.25) is 4.79 Å². The van der Waals surface area contributed by atoms with Crippen LogP contribution in [0.3, 0.4) is 0 Å². The van der Waals surface area contributed by atoms with Crippen LogP contribution in [-0.4, -0.2) is 38.6 Å². The highest BCUT2D eigenvalue weighted by Crippen LogP contribution is 2.40. The van der Waals surface area contributed by atoms with E-state index in [2.05, 4.69) is 0 Å². The van der Waals surface area contributed by atoms with Crippen LogP contribution in [0, 0.1) is 11.8 Å². The van der Waals surface area contributed by atoms with Crippen molar-refractivity contribution >= 4 is 5.97 Å². The zero-order chi connectivity index (χ0) is 18.9. The molecule has 0 spiro atoms. The van der Waals surface area contributed by atoms with E-state index >= 15 is 0 Å². The number of carboxylic acid groups (broad SMARTS) is 1. The average molecular weight is 364 g/mol. The third-order valence-electron chi connectivity index (χ3n) is 5.66. The third kappa shape index (κ3) is 6.38. The molecule has 0 amide bonds. The monoisotopic (exact) mass is 364 g/mol. The lowest BCUT2D eigenvalue weighted by Gasteiger charge is -2.24. The largest absolute Gasteiger partial charge is 0.481 e. The lowest BCUT2D eigenvalue weighted by molar-refractivity contribution is -0.137. The maximum absolute atomic E-state index is 10.5. The van der Waals surface area contributed by atoms with Gasteiger partial charge in [0.05, 0.1) is 18.3 Å². The molecule has 146 valence electrons. The van der Waals surface area contributed by atoms with E-state index in [1.807, 2.05) is 30.3 Å². The lowest BCUT2D eigenvalue weighted by atomic mass is 9.84. The SMILES string of the molecule is O=C(O)CCCCCCC1C(CCC(O)c2ccccc2)[C@H](O)C[C@@H]1O. The highest BCUT2D eigenvalue weighted by atomic mass is 16.4. The van der Waals surface area contributed by atoms with Gasteiger partial charge >= 0.3 is 5.97 Å². The van der Waals surface area contributed by atoms with Crippen molar-refractivity contribution in [2.24, 2.45) is 11.8 Å². The number of rotatable bonds is 11. The van der Waals surface area contributed by atoms with Crippen molar-refractivity contribution in [3.8, 4) is 0 Å². The molecule has 5 nitrogen and oxygen atoms in total. The van der Waals surface area contributed by atoms with E-state index in [1.54, 1.807) is 0 Å². The summed E-state index contributed by atoms with van der Waals surface area (Å²) in [6.07, 6.45) is 4.67. The van der Waals surface area contributed by atoms with Crippen molar-refractivity contribution in [1.29, 1.82) is 0 Å². The van der Waals surface area contributed by atoms with Crippen molar-refractivity contribution in [1.82, 2.24) is 0 Å². The van der Waals surface area contributed by atoms with Crippen LogP contribution in [0.4, 0.5) is 0 Å². The number of carbonyl (C=O) groups is 1. The Morgan fingerprint density at radius 1 is 0.962 bits per heavy atom. The van der Waals surface area contributed by atoms with Gasteiger partial charge < -0.3 is 20.4 Å². The molecule has 0 heterocycles. The number of aliphatic hydroxyl groups excluding tert-OH is 3. The standard InChI is InChI=1S/C21H32O5/c22-18(15-8-4-3-5-9-15)13-12-17-16(19(23)14-20(17)24)10-6-1-2-7-11-21(25)26/h3-5,8-9,16-20,22-24H,1-2,6-7,10-14H2,(H,25,26)/t16?,17?,18?,19-,20+/m0/s1. The molecule has 3 unspecified atom stereocenters. The summed E-state index contributed by atoms with van der Waals surface area (Å²) >= 11 is 0. The summed E-state index contributed by atoms with van der Waals surface area (Å²) in [4.78, 5) is 10.5. The van der Waals surface area contributed by atoms with Crippen molar-refractivity contribution in [3.05, 3.63) is 35.9 Å². The molecule has 0 bridgehead atoms. The van der Waals surface area contributed by atoms with E-state index in [-0.39, 0.29) is 18.3 Å². The molecule has 0 radical (unpaired) electrons. The molecule has 4 N–H and O–H groups in total. The van der Waals surface area contributed by atoms with E-state index in [9.17, 15) is 20.1 Å². The van der Waals surface area contributed by atoms with E-state index in [0.29, 0.717) is 25.7 Å². The third-order valence-corrected chi connectivity index (χ3v) is 5.66. The highest BCUT2D eigenvalue weighted by Gasteiger charge is 2.40. The topological polar surface area (TPSA) is 98.0 Å². The Labute approximate surface area is 155 Å². The fraction of sp³-hybridized carbons (Fsp3) is 0.667. The first-order valence-corrected chi connectivity index (χ1v) is 9.80. The molecule has 5 atom stereocenters. The molecule has 1 saturated carbocycles. The van der Waals surface area contributed by atoms with E-state index in [0.717, 1.165) is 31.2 Å². The molecule has 1 aromatic rings. The van der Waals surface area contributed by atoms with Crippen molar-refractivity contribution < 1.29 is 25.2 Å². The summed E-state index contributed by atoms with van der Waals surface area (Å²) in [6.45, 7) is 0. The molecule has 2 rings (SSSR count). The van der Waals surface area contributed by atoms with Gasteiger partial charge in [-0.15, -0.1) is 0 Å². The number of hydrogen-bond acceptors (Lipinski definition) is 4. The predicted molar refractivity (Wildman–Crippen MR) is 99.6 cm³/mol. The Hall–Kier alpha value is -1.43. The second-order valence-corrected chi connectivity index (χ2v) is 7.55. The van der Waals surface area contributed by atoms with Gasteiger partial charge in [-0.2, -0.15) is 0 Å². The zero-order valence-electron chi connectivity index (χ0n) is 15.3. The molecule has 1 fully saturated rings. The first-order chi connectivity index (χ1) is 12.5. The number of aliphatic hydroxyl groups is 3. The summed E-state index contributed by atoms with van der Waals surface area (Å²) < 4.78 is 0. The number of aliphatic carboxylic acids is 1. The summed E-state index contributed by atoms with van der Waals surface area (Å²) in [5.74, 6) is -0.675. The molecule has 5 heteroatoms. The number of benzene rings is 1. The average Bonchev–Trinajstić information content (AvgIpc) is 2.89. The van der Waals surface area contributed by atoms with Gasteiger partial charge in [-0.1, -0.05) is 49.6 Å². The highest BCUT2D eigenvalue weighted by molar-refractivity contribution is 5.66. The minimum Gasteiger partial charge on any atom is -0.481 e. The van der Waals surface area contributed by atoms with Gasteiger partial charge in [0.2, 0.25) is 0 Å². The first kappa shape index (κ1) is 20.9. The van der Waals surface area contributed by atoms with Crippen LogP contribution < -0.4 is 0 Å². The number of carboxylic acids is 1. The van der Waals surface area contributed by atoms with Crippen molar-refractivity contribution in [2.45, 2.75) is 76.1 Å². The zero-order valence-corrected chi connectivity index (χ0v) is 15.3. The summed E-state index contributed by atoms with van der Waals surface area (Å²) in [7, 11) is 0.